The Balaban J connectivity index is 0.000000117. The van der Waals surface area contributed by atoms with Gasteiger partial charge in [0.05, 0.1) is 70.9 Å². The highest BCUT2D eigenvalue weighted by atomic mass is 16.5. The van der Waals surface area contributed by atoms with Crippen molar-refractivity contribution in [2.45, 2.75) is 123 Å². The first-order valence-corrected chi connectivity index (χ1v) is 53.4. The lowest BCUT2D eigenvalue weighted by Gasteiger charge is -2.33. The number of ether oxygens (including phenoxy) is 1. The number of piperidine rings is 4. The zero-order valence-electron chi connectivity index (χ0n) is 85.8. The average Bonchev–Trinajstić information content (AvgIpc) is 1.64. The van der Waals surface area contributed by atoms with Gasteiger partial charge in [-0.05, 0) is 302 Å². The Morgan fingerprint density at radius 2 is 0.547 bits per heavy atom. The SMILES string of the molecule is CN1CCN(Cc2cccc(NC(=O)c3n[nH]c4ccc(-c5cncc(CN6CCCCC6)c5)cc34)c2)CC1.CN1CCN(c2ccc(NC(=O)c3n[nH]c4ccc(-c5cncc(CN6CCCCC6)c5)cc34)cn2)CC1.O=C(Nc1ccc(N2CCCC2)nc1)c1n[nH]c2ccc(-c3cncc(CN4CCCCC4)c3)cc12.O=C(Nc1ccc(N2CCOCC2)nc1)c1n[nH]c2ccc(-c3cncc(CN4CCCCC4)c3)cc12. The van der Waals surface area contributed by atoms with E-state index in [9.17, 15) is 19.2 Å². The number of benzene rings is 5. The second-order valence-corrected chi connectivity index (χ2v) is 40.9. The van der Waals surface area contributed by atoms with Crippen LogP contribution in [0.25, 0.3) is 88.1 Å². The summed E-state index contributed by atoms with van der Waals surface area (Å²) in [7, 11) is 4.30. The Kier molecular flexibility index (Phi) is 32.6. The van der Waals surface area contributed by atoms with Gasteiger partial charge in [0.25, 0.3) is 23.6 Å². The van der Waals surface area contributed by atoms with Gasteiger partial charge in [-0.2, -0.15) is 20.4 Å². The van der Waals surface area contributed by atoms with E-state index in [0.29, 0.717) is 53.1 Å². The molecule has 8 saturated heterocycles. The minimum Gasteiger partial charge on any atom is -0.378 e. The van der Waals surface area contributed by atoms with Gasteiger partial charge in [0, 0.05) is 210 Å². The summed E-state index contributed by atoms with van der Waals surface area (Å²) in [6.45, 7) is 27.1. The largest absolute Gasteiger partial charge is 0.378 e. The number of aromatic nitrogens is 15. The van der Waals surface area contributed by atoms with Crippen molar-refractivity contribution < 1.29 is 23.9 Å². The first-order valence-electron chi connectivity index (χ1n) is 53.4. The number of hydrogen-bond donors (Lipinski definition) is 8. The molecule has 8 fully saturated rings. The standard InChI is InChI=1S/C31H37N7O.C29H34N8O.C28H31N7O2.C28H31N7O/c1-36-12-14-38(15-13-36)21-23-6-5-7-27(17-23)33-31(39)30-28-18-25(8-9-29(28)34-35-30)26-16-24(19-32-20-26)22-37-10-3-2-4-11-37;1-35-11-13-37(14-12-35)27-8-6-24(19-31-27)32-29(38)28-25-16-22(5-7-26(25)33-34-28)23-15-21(17-30-18-23)20-36-9-3-2-4-10-36;36-28(31-23-5-7-26(30-18-23)35-10-12-37-13-11-35)27-24-15-21(4-6-25(24)32-33-27)22-14-20(16-29-17-22)19-34-8-2-1-3-9-34;36-28(31-23-7-9-26(30-18-23)35-12-4-5-13-35)27-24-15-21(6-8-25(24)32-33-27)22-14-20(16-29-17-22)19-34-10-2-1-3-11-34/h5-9,16-20H,2-4,10-15,21-22H2,1H3,(H,33,39)(H,34,35);5-8,15-19H,2-4,9-14,20H2,1H3,(H,32,38)(H,33,34);4-7,14-18H,1-3,8-13,19H2,(H,31,36)(H,32,33);6-9,14-18H,1-5,10-13,19H2,(H,31,36)(H,32,33). The van der Waals surface area contributed by atoms with Gasteiger partial charge in [-0.25, -0.2) is 15.0 Å². The van der Waals surface area contributed by atoms with E-state index in [4.69, 9.17) is 4.74 Å². The number of morpholine rings is 1. The number of pyridine rings is 7. The molecule has 772 valence electrons. The van der Waals surface area contributed by atoms with Crippen LogP contribution < -0.4 is 36.0 Å². The third-order valence-corrected chi connectivity index (χ3v) is 29.8. The summed E-state index contributed by atoms with van der Waals surface area (Å²) in [5.74, 6) is 1.75. The fraction of sp³-hybridized carbons (Fsp3) is 0.371. The second kappa shape index (κ2) is 48.5. The molecule has 4 amide bonds. The van der Waals surface area contributed by atoms with Crippen LogP contribution in [0.3, 0.4) is 0 Å². The number of anilines is 7. The van der Waals surface area contributed by atoms with Crippen molar-refractivity contribution in [2.24, 2.45) is 0 Å². The Bertz CT molecular complexity index is 7280. The summed E-state index contributed by atoms with van der Waals surface area (Å²) in [5, 5.41) is 44.4. The highest BCUT2D eigenvalue weighted by molar-refractivity contribution is 6.15. The third kappa shape index (κ3) is 25.7. The highest BCUT2D eigenvalue weighted by Gasteiger charge is 2.27. The predicted molar refractivity (Wildman–Crippen MR) is 592 cm³/mol. The smallest absolute Gasteiger partial charge is 0.276 e. The van der Waals surface area contributed by atoms with Gasteiger partial charge < -0.3 is 50.5 Å². The molecule has 24 rings (SSSR count). The summed E-state index contributed by atoms with van der Waals surface area (Å²) in [4.78, 5) is 108. The summed E-state index contributed by atoms with van der Waals surface area (Å²) >= 11 is 0. The Labute approximate surface area is 874 Å². The van der Waals surface area contributed by atoms with Crippen molar-refractivity contribution in [3.05, 3.63) is 276 Å². The van der Waals surface area contributed by atoms with Gasteiger partial charge in [-0.3, -0.25) is 84.0 Å². The van der Waals surface area contributed by atoms with Gasteiger partial charge in [0.15, 0.2) is 22.8 Å². The van der Waals surface area contributed by atoms with Gasteiger partial charge in [-0.15, -0.1) is 0 Å². The maximum absolute atomic E-state index is 13.3. The Hall–Kier alpha value is -15.0. The molecule has 8 aliphatic heterocycles. The van der Waals surface area contributed by atoms with Crippen molar-refractivity contribution in [1.82, 2.24) is 110 Å². The number of nitrogens with one attached hydrogen (secondary N) is 8. The highest BCUT2D eigenvalue weighted by Crippen LogP contribution is 2.35. The second-order valence-electron chi connectivity index (χ2n) is 40.9. The topological polar surface area (TPSA) is 363 Å². The molecule has 0 spiro atoms. The molecule has 34 heteroatoms. The minimum absolute atomic E-state index is 0.216. The molecule has 5 aromatic carbocycles. The molecule has 0 atom stereocenters. The molecule has 150 heavy (non-hydrogen) atoms. The fourth-order valence-electron chi connectivity index (χ4n) is 21.4. The van der Waals surface area contributed by atoms with Crippen LogP contribution in [0.5, 0.6) is 0 Å². The lowest BCUT2D eigenvalue weighted by atomic mass is 10.0. The Morgan fingerprint density at radius 3 is 0.867 bits per heavy atom. The predicted octanol–water partition coefficient (Wildman–Crippen LogP) is 17.6. The molecule has 34 nitrogen and oxygen atoms in total. The maximum Gasteiger partial charge on any atom is 0.276 e. The van der Waals surface area contributed by atoms with E-state index in [2.05, 4.69) is 203 Å². The van der Waals surface area contributed by atoms with Gasteiger partial charge in [-0.1, -0.05) is 62.1 Å². The van der Waals surface area contributed by atoms with Crippen molar-refractivity contribution >= 4 is 107 Å². The van der Waals surface area contributed by atoms with E-state index in [1.807, 2.05) is 165 Å². The molecular weight excluding hydrogens is 1880 g/mol. The van der Waals surface area contributed by atoms with Crippen molar-refractivity contribution in [1.29, 1.82) is 0 Å². The third-order valence-electron chi connectivity index (χ3n) is 29.8. The van der Waals surface area contributed by atoms with Crippen molar-refractivity contribution in [2.75, 3.05) is 194 Å². The average molecular weight is 2010 g/mol. The molecule has 0 saturated carbocycles. The number of H-pyrrole nitrogens is 4. The van der Waals surface area contributed by atoms with Crippen LogP contribution >= 0.6 is 0 Å². The summed E-state index contributed by atoms with van der Waals surface area (Å²) < 4.78 is 5.41. The first kappa shape index (κ1) is 101. The quantitative estimate of drug-likeness (QED) is 0.0263. The minimum atomic E-state index is -0.277. The molecular formula is C116H133N29O5. The van der Waals surface area contributed by atoms with Crippen LogP contribution in [0, 0.1) is 0 Å². The normalized spacial score (nSPS) is 17.0. The number of amides is 4. The summed E-state index contributed by atoms with van der Waals surface area (Å²) in [6, 6.07) is 52.6. The van der Waals surface area contributed by atoms with E-state index in [1.165, 1.54) is 118 Å². The number of fused-ring (bicyclic) bond motifs is 4. The number of likely N-dealkylation sites (N-methyl/N-ethyl adjacent to an activating group) is 2. The number of aromatic amines is 4. The van der Waals surface area contributed by atoms with Crippen LogP contribution in [0.1, 0.15) is 160 Å². The van der Waals surface area contributed by atoms with Crippen molar-refractivity contribution in [3.63, 3.8) is 0 Å². The fourth-order valence-corrected chi connectivity index (χ4v) is 21.4. The molecule has 0 radical (unpaired) electrons. The molecule has 0 aliphatic carbocycles. The van der Waals surface area contributed by atoms with Crippen LogP contribution in [-0.2, 0) is 37.5 Å². The maximum atomic E-state index is 13.3. The summed E-state index contributed by atoms with van der Waals surface area (Å²) in [5.41, 5.74) is 21.8. The number of likely N-dealkylation sites (tertiary alicyclic amines) is 4. The molecule has 8 aliphatic rings. The van der Waals surface area contributed by atoms with Gasteiger partial charge in [0.1, 0.15) is 17.5 Å². The molecule has 11 aromatic heterocycles. The van der Waals surface area contributed by atoms with Crippen molar-refractivity contribution in [3.8, 4) is 44.5 Å². The van der Waals surface area contributed by atoms with Gasteiger partial charge in [0.2, 0.25) is 0 Å². The van der Waals surface area contributed by atoms with E-state index < -0.39 is 0 Å². The number of rotatable bonds is 25. The lowest BCUT2D eigenvalue weighted by Crippen LogP contribution is -2.44. The van der Waals surface area contributed by atoms with Crippen LogP contribution in [0.15, 0.2) is 226 Å². The van der Waals surface area contributed by atoms with Crippen LogP contribution in [0.4, 0.5) is 40.2 Å². The number of carbonyl (C=O) groups excluding carboxylic acids is 4. The number of piperazine rings is 2. The first-order chi connectivity index (χ1) is 73.7. The Morgan fingerprint density at radius 1 is 0.260 bits per heavy atom. The van der Waals surface area contributed by atoms with E-state index in [-0.39, 0.29) is 23.6 Å². The molecule has 0 bridgehead atoms. The monoisotopic (exact) mass is 2010 g/mol. The van der Waals surface area contributed by atoms with E-state index >= 15 is 0 Å². The van der Waals surface area contributed by atoms with E-state index in [0.717, 1.165) is 275 Å². The number of hydrogen-bond acceptors (Lipinski definition) is 26. The number of nitrogens with zero attached hydrogens (tertiary/aromatic N) is 21. The lowest BCUT2D eigenvalue weighted by molar-refractivity contribution is 0.101. The molecule has 16 aromatic rings. The van der Waals surface area contributed by atoms with Gasteiger partial charge >= 0.3 is 0 Å². The number of carbonyl (C=O) groups is 4. The van der Waals surface area contributed by atoms with Crippen LogP contribution in [0.2, 0.25) is 0 Å². The summed E-state index contributed by atoms with van der Waals surface area (Å²) in [6.07, 6.45) is 38.4. The zero-order valence-corrected chi connectivity index (χ0v) is 85.8. The van der Waals surface area contributed by atoms with E-state index in [1.54, 1.807) is 18.6 Å². The molecule has 19 heterocycles. The van der Waals surface area contributed by atoms with Crippen LogP contribution in [-0.4, -0.2) is 292 Å². The molecule has 8 N–H and O–H groups in total. The molecule has 0 unspecified atom stereocenters. The zero-order chi connectivity index (χ0) is 102.